The van der Waals surface area contributed by atoms with Crippen LogP contribution >= 0.6 is 0 Å². The van der Waals surface area contributed by atoms with Crippen LogP contribution < -0.4 is 5.32 Å². The first-order chi connectivity index (χ1) is 12.3. The number of dihydropyridines is 1. The van der Waals surface area contributed by atoms with Crippen molar-refractivity contribution >= 4 is 11.9 Å². The van der Waals surface area contributed by atoms with Crippen molar-refractivity contribution in [1.29, 1.82) is 5.26 Å². The zero-order valence-corrected chi connectivity index (χ0v) is 15.0. The fourth-order valence-electron chi connectivity index (χ4n) is 2.93. The van der Waals surface area contributed by atoms with Crippen molar-refractivity contribution in [3.8, 4) is 6.07 Å². The minimum atomic E-state index is -1.15. The first-order valence-corrected chi connectivity index (χ1v) is 7.95. The number of hydrogen-bond donors (Lipinski definition) is 2. The van der Waals surface area contributed by atoms with Gasteiger partial charge in [-0.3, -0.25) is 0 Å². The van der Waals surface area contributed by atoms with E-state index < -0.39 is 24.1 Å². The van der Waals surface area contributed by atoms with Crippen molar-refractivity contribution in [1.82, 2.24) is 5.32 Å². The van der Waals surface area contributed by atoms with Crippen LogP contribution in [0.2, 0.25) is 0 Å². The summed E-state index contributed by atoms with van der Waals surface area (Å²) in [7, 11) is 1.40. The molecule has 2 unspecified atom stereocenters. The van der Waals surface area contributed by atoms with Gasteiger partial charge in [-0.1, -0.05) is 12.1 Å². The number of ether oxygens (including phenoxy) is 2. The van der Waals surface area contributed by atoms with Crippen molar-refractivity contribution in [3.63, 3.8) is 0 Å². The number of hydrogen-bond acceptors (Lipinski definition) is 6. The monoisotopic (exact) mass is 356 g/mol. The maximum Gasteiger partial charge on any atom is 0.339 e. The minimum absolute atomic E-state index is 0.0303. The van der Waals surface area contributed by atoms with Gasteiger partial charge in [-0.2, -0.15) is 5.26 Å². The normalized spacial score (nSPS) is 18.0. The molecule has 1 heterocycles. The number of rotatable bonds is 5. The number of carboxylic acid groups (broad SMARTS) is 1. The molecule has 26 heavy (non-hydrogen) atoms. The average Bonchev–Trinajstić information content (AvgIpc) is 2.60. The van der Waals surface area contributed by atoms with Crippen molar-refractivity contribution in [2.75, 3.05) is 7.11 Å². The Hall–Kier alpha value is -3.11. The smallest absolute Gasteiger partial charge is 0.339 e. The number of carbonyl (C=O) groups excluding carboxylic acids is 1. The minimum Gasteiger partial charge on any atom is -0.478 e. The summed E-state index contributed by atoms with van der Waals surface area (Å²) in [6.45, 7) is 4.87. The third kappa shape index (κ3) is 3.76. The molecule has 0 radical (unpaired) electrons. The van der Waals surface area contributed by atoms with Gasteiger partial charge >= 0.3 is 11.9 Å². The van der Waals surface area contributed by atoms with Crippen LogP contribution in [0.5, 0.6) is 0 Å². The highest BCUT2D eigenvalue weighted by molar-refractivity contribution is 5.99. The number of esters is 1. The molecule has 136 valence electrons. The summed E-state index contributed by atoms with van der Waals surface area (Å²) in [5, 5.41) is 21.8. The van der Waals surface area contributed by atoms with Crippen LogP contribution in [0.25, 0.3) is 0 Å². The molecule has 1 aliphatic heterocycles. The largest absolute Gasteiger partial charge is 0.478 e. The zero-order valence-electron chi connectivity index (χ0n) is 15.0. The van der Waals surface area contributed by atoms with Crippen LogP contribution in [0.3, 0.4) is 0 Å². The Kier molecular flexibility index (Phi) is 5.80. The van der Waals surface area contributed by atoms with Gasteiger partial charge in [0.2, 0.25) is 0 Å². The molecule has 0 saturated heterocycles. The van der Waals surface area contributed by atoms with Gasteiger partial charge in [0, 0.05) is 18.5 Å². The summed E-state index contributed by atoms with van der Waals surface area (Å²) in [4.78, 5) is 24.6. The molecule has 2 N–H and O–H groups in total. The number of methoxy groups -OCH3 is 1. The first kappa shape index (κ1) is 19.2. The second-order valence-electron chi connectivity index (χ2n) is 5.89. The van der Waals surface area contributed by atoms with Crippen molar-refractivity contribution in [2.45, 2.75) is 33.0 Å². The number of benzene rings is 1. The quantitative estimate of drug-likeness (QED) is 0.616. The van der Waals surface area contributed by atoms with E-state index in [9.17, 15) is 14.7 Å². The van der Waals surface area contributed by atoms with Crippen molar-refractivity contribution in [2.24, 2.45) is 0 Å². The van der Waals surface area contributed by atoms with E-state index in [2.05, 4.69) is 5.32 Å². The van der Waals surface area contributed by atoms with Gasteiger partial charge in [-0.25, -0.2) is 9.59 Å². The van der Waals surface area contributed by atoms with E-state index in [1.165, 1.54) is 7.11 Å². The summed E-state index contributed by atoms with van der Waals surface area (Å²) in [5.41, 5.74) is 2.03. The van der Waals surface area contributed by atoms with Crippen LogP contribution in [0.1, 0.15) is 37.8 Å². The number of nitriles is 1. The third-order valence-electron chi connectivity index (χ3n) is 4.16. The molecule has 0 saturated carbocycles. The van der Waals surface area contributed by atoms with Gasteiger partial charge in [0.15, 0.2) is 6.29 Å². The summed E-state index contributed by atoms with van der Waals surface area (Å²) < 4.78 is 10.2. The van der Waals surface area contributed by atoms with Gasteiger partial charge in [-0.15, -0.1) is 0 Å². The summed E-state index contributed by atoms with van der Waals surface area (Å²) in [6.07, 6.45) is -0.783. The lowest BCUT2D eigenvalue weighted by molar-refractivity contribution is -0.165. The van der Waals surface area contributed by atoms with E-state index in [-0.39, 0.29) is 11.1 Å². The standard InChI is InChI=1S/C19H20N2O5/c1-10-15(18(22)23)17(14-7-5-6-13(8-14)9-20)16(11(2)21-10)19(24)26-12(3)25-4/h5-8,12,17,21H,1-4H3,(H,22,23). The van der Waals surface area contributed by atoms with E-state index >= 15 is 0 Å². The third-order valence-corrected chi connectivity index (χ3v) is 4.16. The van der Waals surface area contributed by atoms with Crippen LogP contribution in [0.15, 0.2) is 46.8 Å². The Morgan fingerprint density at radius 2 is 1.92 bits per heavy atom. The lowest BCUT2D eigenvalue weighted by Gasteiger charge is -2.30. The van der Waals surface area contributed by atoms with E-state index in [4.69, 9.17) is 14.7 Å². The Balaban J connectivity index is 2.63. The second-order valence-corrected chi connectivity index (χ2v) is 5.89. The Bertz CT molecular complexity index is 848. The van der Waals surface area contributed by atoms with Gasteiger partial charge < -0.3 is 19.9 Å². The number of aliphatic carboxylic acids is 1. The molecule has 7 nitrogen and oxygen atoms in total. The lowest BCUT2D eigenvalue weighted by Crippen LogP contribution is -2.33. The molecule has 0 aliphatic carbocycles. The molecule has 0 amide bonds. The predicted octanol–water partition coefficient (Wildman–Crippen LogP) is 2.41. The van der Waals surface area contributed by atoms with Gasteiger partial charge in [0.05, 0.1) is 28.7 Å². The zero-order chi connectivity index (χ0) is 19.4. The SMILES string of the molecule is COC(C)OC(=O)C1=C(C)NC(C)=C(C(=O)O)C1c1cccc(C#N)c1. The van der Waals surface area contributed by atoms with Gasteiger partial charge in [-0.05, 0) is 38.5 Å². The Labute approximate surface area is 151 Å². The Morgan fingerprint density at radius 1 is 1.27 bits per heavy atom. The summed E-state index contributed by atoms with van der Waals surface area (Å²) in [6, 6.07) is 8.56. The average molecular weight is 356 g/mol. The van der Waals surface area contributed by atoms with Crippen LogP contribution in [0.4, 0.5) is 0 Å². The number of nitrogens with zero attached hydrogens (tertiary/aromatic N) is 1. The maximum absolute atomic E-state index is 12.7. The van der Waals surface area contributed by atoms with Crippen LogP contribution in [0, 0.1) is 11.3 Å². The molecule has 1 aromatic rings. The summed E-state index contributed by atoms with van der Waals surface area (Å²) in [5.74, 6) is -2.69. The van der Waals surface area contributed by atoms with Crippen molar-refractivity contribution in [3.05, 3.63) is 57.9 Å². The highest BCUT2D eigenvalue weighted by atomic mass is 16.7. The molecule has 2 atom stereocenters. The molecular weight excluding hydrogens is 336 g/mol. The molecule has 1 aliphatic rings. The predicted molar refractivity (Wildman–Crippen MR) is 92.6 cm³/mol. The van der Waals surface area contributed by atoms with E-state index in [0.29, 0.717) is 22.5 Å². The number of allylic oxidation sites excluding steroid dienone is 2. The lowest BCUT2D eigenvalue weighted by atomic mass is 9.80. The number of carbonyl (C=O) groups is 2. The van der Waals surface area contributed by atoms with E-state index in [0.717, 1.165) is 0 Å². The summed E-state index contributed by atoms with van der Waals surface area (Å²) >= 11 is 0. The molecular formula is C19H20N2O5. The molecule has 0 spiro atoms. The van der Waals surface area contributed by atoms with Gasteiger partial charge in [0.1, 0.15) is 0 Å². The molecule has 1 aromatic carbocycles. The molecule has 0 bridgehead atoms. The molecule has 2 rings (SSSR count). The topological polar surface area (TPSA) is 109 Å². The number of nitrogens with one attached hydrogen (secondary N) is 1. The molecule has 0 fully saturated rings. The van der Waals surface area contributed by atoms with Gasteiger partial charge in [0.25, 0.3) is 0 Å². The highest BCUT2D eigenvalue weighted by Crippen LogP contribution is 2.39. The molecule has 7 heteroatoms. The highest BCUT2D eigenvalue weighted by Gasteiger charge is 2.37. The maximum atomic E-state index is 12.7. The van der Waals surface area contributed by atoms with Crippen molar-refractivity contribution < 1.29 is 24.2 Å². The van der Waals surface area contributed by atoms with Crippen LogP contribution in [-0.4, -0.2) is 30.4 Å². The molecule has 0 aromatic heterocycles. The van der Waals surface area contributed by atoms with Crippen LogP contribution in [-0.2, 0) is 19.1 Å². The van der Waals surface area contributed by atoms with E-state index in [1.807, 2.05) is 6.07 Å². The second kappa shape index (κ2) is 7.85. The van der Waals surface area contributed by atoms with E-state index in [1.54, 1.807) is 45.0 Å². The fraction of sp³-hybridized carbons (Fsp3) is 0.316. The first-order valence-electron chi connectivity index (χ1n) is 7.95. The number of carboxylic acids is 1. The Morgan fingerprint density at radius 3 is 2.50 bits per heavy atom. The fourth-order valence-corrected chi connectivity index (χ4v) is 2.93.